The maximum absolute atomic E-state index is 13.2. The van der Waals surface area contributed by atoms with Gasteiger partial charge < -0.3 is 19.1 Å². The number of hydrogen-bond donors (Lipinski definition) is 2. The Morgan fingerprint density at radius 2 is 1.61 bits per heavy atom. The summed E-state index contributed by atoms with van der Waals surface area (Å²) in [6, 6.07) is 23.8. The van der Waals surface area contributed by atoms with Crippen molar-refractivity contribution in [1.29, 1.82) is 0 Å². The molecule has 0 radical (unpaired) electrons. The van der Waals surface area contributed by atoms with Crippen LogP contribution in [-0.2, 0) is 39.2 Å². The van der Waals surface area contributed by atoms with E-state index in [-0.39, 0.29) is 41.3 Å². The Morgan fingerprint density at radius 3 is 2.32 bits per heavy atom. The normalized spacial score (nSPS) is 20.6. The third-order valence-electron chi connectivity index (χ3n) is 7.84. The van der Waals surface area contributed by atoms with Gasteiger partial charge in [-0.1, -0.05) is 96.9 Å². The molecule has 1 aliphatic heterocycles. The maximum atomic E-state index is 13.2. The van der Waals surface area contributed by atoms with Crippen LogP contribution in [0.1, 0.15) is 41.6 Å². The van der Waals surface area contributed by atoms with Gasteiger partial charge >= 0.3 is 0 Å². The summed E-state index contributed by atoms with van der Waals surface area (Å²) in [5.74, 6) is -0.0688. The van der Waals surface area contributed by atoms with E-state index < -0.39 is 16.3 Å². The first-order valence-electron chi connectivity index (χ1n) is 14.0. The van der Waals surface area contributed by atoms with Gasteiger partial charge in [-0.2, -0.15) is 0 Å². The molecule has 4 atom stereocenters. The van der Waals surface area contributed by atoms with Gasteiger partial charge in [0, 0.05) is 29.6 Å². The van der Waals surface area contributed by atoms with Crippen molar-refractivity contribution in [3.63, 3.8) is 0 Å². The molecule has 0 bridgehead atoms. The minimum Gasteiger partial charge on any atom is -0.392 e. The zero-order valence-corrected chi connectivity index (χ0v) is 26.0. The molecule has 1 fully saturated rings. The Balaban J connectivity index is 1.21. The highest BCUT2D eigenvalue weighted by Crippen LogP contribution is 2.42. The van der Waals surface area contributed by atoms with Crippen molar-refractivity contribution >= 4 is 44.1 Å². The largest absolute Gasteiger partial charge is 0.392 e. The number of hydrogen-bond acceptors (Lipinski definition) is 7. The number of halogens is 2. The highest BCUT2D eigenvalue weighted by molar-refractivity contribution is 7.89. The minimum atomic E-state index is -3.81. The highest BCUT2D eigenvalue weighted by Gasteiger charge is 2.39. The Kier molecular flexibility index (Phi) is 9.02. The fraction of sp³-hybridized carbons (Fsp3) is 0.250. The lowest BCUT2D eigenvalue weighted by Crippen LogP contribution is -2.39. The van der Waals surface area contributed by atoms with E-state index in [1.807, 2.05) is 60.7 Å². The standard InChI is InChI=1S/C32H30Cl2N4O5S/c1-20-26(17-38-19-36-30(33)31(38)34)42-32(43-29(20)24-11-9-22(18-39)10-12-24)25-13-7-21(8-14-25)16-37-44(40,41)27-6-2-4-23-5-3-15-35-28(23)27/h2-15,19-20,26,29,32,37,39H,16-18H2,1H3/t20-,26+,29+,32?/m0/s1. The zero-order chi connectivity index (χ0) is 30.8. The van der Waals surface area contributed by atoms with Crippen LogP contribution in [0.2, 0.25) is 10.3 Å². The number of para-hydroxylation sites is 1. The summed E-state index contributed by atoms with van der Waals surface area (Å²) in [5, 5.41) is 10.8. The maximum Gasteiger partial charge on any atom is 0.243 e. The molecule has 44 heavy (non-hydrogen) atoms. The van der Waals surface area contributed by atoms with Gasteiger partial charge in [0.05, 0.1) is 37.2 Å². The van der Waals surface area contributed by atoms with E-state index in [1.165, 1.54) is 0 Å². The summed E-state index contributed by atoms with van der Waals surface area (Å²) in [6.07, 6.45) is 1.84. The second kappa shape index (κ2) is 12.9. The van der Waals surface area contributed by atoms with E-state index in [4.69, 9.17) is 32.7 Å². The summed E-state index contributed by atoms with van der Waals surface area (Å²) >= 11 is 12.5. The van der Waals surface area contributed by atoms with Crippen molar-refractivity contribution in [2.45, 2.75) is 50.0 Å². The third kappa shape index (κ3) is 6.38. The predicted octanol–water partition coefficient (Wildman–Crippen LogP) is 6.20. The summed E-state index contributed by atoms with van der Waals surface area (Å²) in [6.45, 7) is 2.51. The molecule has 3 aromatic carbocycles. The average molecular weight is 654 g/mol. The first kappa shape index (κ1) is 30.7. The minimum absolute atomic E-state index is 0.0447. The number of nitrogens with zero attached hydrogens (tertiary/aromatic N) is 3. The summed E-state index contributed by atoms with van der Waals surface area (Å²) in [4.78, 5) is 8.49. The molecular formula is C32H30Cl2N4O5S. The third-order valence-corrected chi connectivity index (χ3v) is 10.0. The molecule has 2 aromatic heterocycles. The summed E-state index contributed by atoms with van der Waals surface area (Å²) in [5.41, 5.74) is 3.73. The number of pyridine rings is 1. The van der Waals surface area contributed by atoms with Crippen molar-refractivity contribution in [3.05, 3.63) is 124 Å². The molecule has 0 aliphatic carbocycles. The Hall–Kier alpha value is -3.35. The monoisotopic (exact) mass is 652 g/mol. The van der Waals surface area contributed by atoms with Crippen LogP contribution in [-0.4, -0.2) is 34.2 Å². The van der Waals surface area contributed by atoms with Crippen LogP contribution < -0.4 is 4.72 Å². The van der Waals surface area contributed by atoms with Crippen LogP contribution in [0.3, 0.4) is 0 Å². The lowest BCUT2D eigenvalue weighted by molar-refractivity contribution is -0.276. The fourth-order valence-electron chi connectivity index (χ4n) is 5.33. The van der Waals surface area contributed by atoms with E-state index >= 15 is 0 Å². The van der Waals surface area contributed by atoms with Crippen molar-refractivity contribution in [3.8, 4) is 0 Å². The van der Waals surface area contributed by atoms with Gasteiger partial charge in [-0.15, -0.1) is 0 Å². The Labute approximate surface area is 265 Å². The molecule has 228 valence electrons. The molecule has 0 spiro atoms. The van der Waals surface area contributed by atoms with Crippen LogP contribution in [0.15, 0.2) is 96.3 Å². The van der Waals surface area contributed by atoms with E-state index in [2.05, 4.69) is 21.6 Å². The van der Waals surface area contributed by atoms with E-state index in [9.17, 15) is 13.5 Å². The molecule has 6 rings (SSSR count). The molecule has 0 saturated carbocycles. The Bertz CT molecular complexity index is 1860. The molecular weight excluding hydrogens is 623 g/mol. The first-order chi connectivity index (χ1) is 21.2. The second-order valence-corrected chi connectivity index (χ2v) is 13.1. The molecule has 0 amide bonds. The van der Waals surface area contributed by atoms with Crippen molar-refractivity contribution in [2.75, 3.05) is 0 Å². The van der Waals surface area contributed by atoms with E-state index in [0.717, 1.165) is 27.6 Å². The van der Waals surface area contributed by atoms with Crippen molar-refractivity contribution in [2.24, 2.45) is 5.92 Å². The number of fused-ring (bicyclic) bond motifs is 1. The van der Waals surface area contributed by atoms with Crippen LogP contribution >= 0.6 is 23.2 Å². The number of benzene rings is 3. The number of sulfonamides is 1. The number of imidazole rings is 1. The number of rotatable bonds is 9. The van der Waals surface area contributed by atoms with Gasteiger partial charge in [0.25, 0.3) is 0 Å². The van der Waals surface area contributed by atoms with E-state index in [1.54, 1.807) is 35.3 Å². The number of aromatic nitrogens is 3. The molecule has 1 aliphatic rings. The van der Waals surface area contributed by atoms with Gasteiger partial charge in [-0.25, -0.2) is 18.1 Å². The van der Waals surface area contributed by atoms with Crippen LogP contribution in [0.5, 0.6) is 0 Å². The lowest BCUT2D eigenvalue weighted by atomic mass is 9.90. The SMILES string of the molecule is C[C@H]1[C@@H](Cn2cnc(Cl)c2Cl)OC(c2ccc(CNS(=O)(=O)c3cccc4cccnc34)cc2)O[C@H]1c1ccc(CO)cc1. The molecule has 3 heterocycles. The van der Waals surface area contributed by atoms with Gasteiger partial charge in [-0.3, -0.25) is 4.98 Å². The van der Waals surface area contributed by atoms with Gasteiger partial charge in [0.1, 0.15) is 10.0 Å². The van der Waals surface area contributed by atoms with Crippen LogP contribution in [0.4, 0.5) is 0 Å². The van der Waals surface area contributed by atoms with Crippen molar-refractivity contribution in [1.82, 2.24) is 19.3 Å². The fourth-order valence-corrected chi connectivity index (χ4v) is 6.84. The first-order valence-corrected chi connectivity index (χ1v) is 16.3. The topological polar surface area (TPSA) is 116 Å². The second-order valence-electron chi connectivity index (χ2n) is 10.7. The number of nitrogens with one attached hydrogen (secondary N) is 1. The number of aliphatic hydroxyl groups excluding tert-OH is 1. The molecule has 1 unspecified atom stereocenters. The molecule has 2 N–H and O–H groups in total. The zero-order valence-electron chi connectivity index (χ0n) is 23.7. The smallest absolute Gasteiger partial charge is 0.243 e. The lowest BCUT2D eigenvalue weighted by Gasteiger charge is -2.41. The summed E-state index contributed by atoms with van der Waals surface area (Å²) < 4.78 is 43.7. The molecule has 12 heteroatoms. The van der Waals surface area contributed by atoms with Crippen LogP contribution in [0.25, 0.3) is 10.9 Å². The Morgan fingerprint density at radius 1 is 0.909 bits per heavy atom. The highest BCUT2D eigenvalue weighted by atomic mass is 35.5. The van der Waals surface area contributed by atoms with Gasteiger partial charge in [0.2, 0.25) is 10.0 Å². The predicted molar refractivity (Wildman–Crippen MR) is 167 cm³/mol. The van der Waals surface area contributed by atoms with Crippen LogP contribution in [0, 0.1) is 5.92 Å². The molecule has 1 saturated heterocycles. The average Bonchev–Trinajstić information content (AvgIpc) is 3.37. The summed E-state index contributed by atoms with van der Waals surface area (Å²) in [7, 11) is -3.81. The van der Waals surface area contributed by atoms with Crippen molar-refractivity contribution < 1.29 is 23.0 Å². The van der Waals surface area contributed by atoms with Gasteiger partial charge in [-0.05, 0) is 28.8 Å². The quantitative estimate of drug-likeness (QED) is 0.195. The van der Waals surface area contributed by atoms with E-state index in [0.29, 0.717) is 17.2 Å². The molecule has 5 aromatic rings. The van der Waals surface area contributed by atoms with Gasteiger partial charge in [0.15, 0.2) is 11.4 Å². The molecule has 9 nitrogen and oxygen atoms in total. The number of ether oxygens (including phenoxy) is 2. The number of aliphatic hydroxyl groups is 1.